The van der Waals surface area contributed by atoms with E-state index in [0.717, 1.165) is 4.47 Å². The number of carbonyl (C=O) groups excluding carboxylic acids is 1. The molecule has 0 saturated carbocycles. The molecule has 3 aromatic rings. The molecular formula is C16H14BrN7O. The summed E-state index contributed by atoms with van der Waals surface area (Å²) in [6.07, 6.45) is 0. The predicted molar refractivity (Wildman–Crippen MR) is 95.2 cm³/mol. The predicted octanol–water partition coefficient (Wildman–Crippen LogP) is 2.48. The van der Waals surface area contributed by atoms with Crippen LogP contribution in [0.15, 0.2) is 28.7 Å². The fourth-order valence-corrected chi connectivity index (χ4v) is 2.89. The van der Waals surface area contributed by atoms with Crippen LogP contribution in [-0.2, 0) is 6.54 Å². The molecule has 3 N–H and O–H groups in total. The molecule has 2 heterocycles. The van der Waals surface area contributed by atoms with Crippen LogP contribution in [0.1, 0.15) is 21.5 Å². The third-order valence-corrected chi connectivity index (χ3v) is 4.15. The highest BCUT2D eigenvalue weighted by molar-refractivity contribution is 9.10. The fourth-order valence-electron chi connectivity index (χ4n) is 2.49. The number of aromatic amines is 1. The highest BCUT2D eigenvalue weighted by Crippen LogP contribution is 2.32. The minimum absolute atomic E-state index is 0.160. The zero-order valence-corrected chi connectivity index (χ0v) is 14.9. The van der Waals surface area contributed by atoms with E-state index in [9.17, 15) is 4.79 Å². The van der Waals surface area contributed by atoms with Crippen LogP contribution in [0.5, 0.6) is 0 Å². The number of nitrogens with zero attached hydrogens (tertiary/aromatic N) is 5. The summed E-state index contributed by atoms with van der Waals surface area (Å²) < 4.78 is 0.794. The average Bonchev–Trinajstić information content (AvgIpc) is 3.18. The fraction of sp³-hybridized carbons (Fsp3) is 0.188. The number of nitrogens with two attached hydrogens (primary N) is 1. The number of tetrazole rings is 1. The molecule has 0 saturated heterocycles. The summed E-state index contributed by atoms with van der Waals surface area (Å²) in [5, 5.41) is 12.1. The summed E-state index contributed by atoms with van der Waals surface area (Å²) >= 11 is 3.35. The van der Waals surface area contributed by atoms with Crippen LogP contribution < -0.4 is 5.73 Å². The van der Waals surface area contributed by atoms with Crippen LogP contribution in [0, 0.1) is 13.5 Å². The number of H-pyrrole nitrogens is 1. The molecule has 9 heteroatoms. The van der Waals surface area contributed by atoms with E-state index < -0.39 is 0 Å². The second-order valence-corrected chi connectivity index (χ2v) is 6.21. The number of carbonyl (C=O) groups is 1. The molecule has 0 amide bonds. The molecule has 0 bridgehead atoms. The summed E-state index contributed by atoms with van der Waals surface area (Å²) in [6.45, 7) is 9.96. The molecule has 0 atom stereocenters. The lowest BCUT2D eigenvalue weighted by atomic mass is 10.0. The minimum Gasteiger partial charge on any atom is -0.364 e. The maximum absolute atomic E-state index is 12.9. The van der Waals surface area contributed by atoms with Crippen LogP contribution in [0.4, 0.5) is 5.82 Å². The second-order valence-electron chi connectivity index (χ2n) is 5.30. The van der Waals surface area contributed by atoms with Gasteiger partial charge in [-0.3, -0.25) is 4.79 Å². The molecule has 1 aromatic carbocycles. The Morgan fingerprint density at radius 1 is 1.48 bits per heavy atom. The smallest absolute Gasteiger partial charge is 0.242 e. The second kappa shape index (κ2) is 6.96. The monoisotopic (exact) mass is 399 g/mol. The van der Waals surface area contributed by atoms with E-state index in [2.05, 4.69) is 41.2 Å². The molecule has 2 aromatic heterocycles. The largest absolute Gasteiger partial charge is 0.364 e. The molecule has 0 fully saturated rings. The van der Waals surface area contributed by atoms with Crippen molar-refractivity contribution in [3.8, 4) is 11.5 Å². The maximum Gasteiger partial charge on any atom is 0.242 e. The summed E-state index contributed by atoms with van der Waals surface area (Å²) in [7, 11) is 0. The molecular weight excluding hydrogens is 386 g/mol. The van der Waals surface area contributed by atoms with Gasteiger partial charge in [0.25, 0.3) is 0 Å². The first kappa shape index (κ1) is 17.0. The van der Waals surface area contributed by atoms with Gasteiger partial charge in [0.1, 0.15) is 0 Å². The van der Waals surface area contributed by atoms with Gasteiger partial charge in [0.15, 0.2) is 11.5 Å². The van der Waals surface area contributed by atoms with E-state index in [1.807, 2.05) is 6.07 Å². The zero-order valence-electron chi connectivity index (χ0n) is 13.3. The molecule has 126 valence electrons. The number of benzene rings is 1. The van der Waals surface area contributed by atoms with Gasteiger partial charge in [-0.2, -0.15) is 4.80 Å². The zero-order chi connectivity index (χ0) is 18.0. The number of hydrogen-bond donors (Lipinski definition) is 2. The van der Waals surface area contributed by atoms with Crippen molar-refractivity contribution in [1.29, 1.82) is 0 Å². The summed E-state index contributed by atoms with van der Waals surface area (Å²) in [5.41, 5.74) is 7.41. The quantitative estimate of drug-likeness (QED) is 0.506. The lowest BCUT2D eigenvalue weighted by Crippen LogP contribution is -2.12. The first-order valence-electron chi connectivity index (χ1n) is 7.43. The van der Waals surface area contributed by atoms with Gasteiger partial charge >= 0.3 is 0 Å². The number of hydrogen-bond acceptors (Lipinski definition) is 5. The Morgan fingerprint density at radius 2 is 2.28 bits per heavy atom. The van der Waals surface area contributed by atoms with Crippen molar-refractivity contribution in [2.24, 2.45) is 5.73 Å². The van der Waals surface area contributed by atoms with E-state index in [4.69, 9.17) is 12.3 Å². The molecule has 0 aliphatic heterocycles. The Morgan fingerprint density at radius 3 is 2.96 bits per heavy atom. The molecule has 0 unspecified atom stereocenters. The van der Waals surface area contributed by atoms with E-state index in [1.165, 1.54) is 4.80 Å². The van der Waals surface area contributed by atoms with Crippen molar-refractivity contribution >= 4 is 27.5 Å². The average molecular weight is 400 g/mol. The summed E-state index contributed by atoms with van der Waals surface area (Å²) in [4.78, 5) is 20.7. The normalized spacial score (nSPS) is 10.6. The molecule has 0 aliphatic rings. The first-order chi connectivity index (χ1) is 12.0. The van der Waals surface area contributed by atoms with Crippen LogP contribution >= 0.6 is 15.9 Å². The molecule has 0 aliphatic carbocycles. The van der Waals surface area contributed by atoms with Gasteiger partial charge in [-0.1, -0.05) is 34.6 Å². The van der Waals surface area contributed by atoms with E-state index in [0.29, 0.717) is 41.3 Å². The highest BCUT2D eigenvalue weighted by Gasteiger charge is 2.25. The minimum atomic E-state index is -0.235. The van der Waals surface area contributed by atoms with Gasteiger partial charge in [0.2, 0.25) is 11.6 Å². The Balaban J connectivity index is 2.07. The molecule has 8 nitrogen and oxygen atoms in total. The third-order valence-electron chi connectivity index (χ3n) is 3.66. The van der Waals surface area contributed by atoms with Gasteiger partial charge in [-0.05, 0) is 24.3 Å². The number of rotatable bonds is 5. The van der Waals surface area contributed by atoms with E-state index in [1.54, 1.807) is 25.1 Å². The van der Waals surface area contributed by atoms with Crippen molar-refractivity contribution in [2.45, 2.75) is 13.5 Å². The Kier molecular flexibility index (Phi) is 4.74. The third kappa shape index (κ3) is 3.22. The van der Waals surface area contributed by atoms with Crippen LogP contribution in [-0.4, -0.2) is 37.5 Å². The Bertz CT molecular complexity index is 983. The number of halogens is 1. The summed E-state index contributed by atoms with van der Waals surface area (Å²) in [5.74, 6) is 0.249. The summed E-state index contributed by atoms with van der Waals surface area (Å²) in [6, 6.07) is 7.04. The standard InChI is InChI=1S/C16H14BrN7O/c1-9-12(14(25)10-4-3-5-11(17)8-10)15(19-2)20-13(9)16-21-23-24(22-16)7-6-18/h3-5,8,20H,6-7,18H2,1H3. The molecule has 25 heavy (non-hydrogen) atoms. The maximum atomic E-state index is 12.9. The lowest BCUT2D eigenvalue weighted by molar-refractivity contribution is 0.103. The lowest BCUT2D eigenvalue weighted by Gasteiger charge is -2.02. The van der Waals surface area contributed by atoms with Gasteiger partial charge < -0.3 is 15.6 Å². The number of aromatic nitrogens is 5. The Labute approximate surface area is 152 Å². The highest BCUT2D eigenvalue weighted by atomic mass is 79.9. The van der Waals surface area contributed by atoms with Gasteiger partial charge in [-0.25, -0.2) is 0 Å². The van der Waals surface area contributed by atoms with Crippen molar-refractivity contribution in [3.05, 3.63) is 56.8 Å². The Hall–Kier alpha value is -2.83. The molecule has 3 rings (SSSR count). The van der Waals surface area contributed by atoms with Crippen LogP contribution in [0.2, 0.25) is 0 Å². The van der Waals surface area contributed by atoms with Crippen LogP contribution in [0.25, 0.3) is 16.4 Å². The van der Waals surface area contributed by atoms with Crippen molar-refractivity contribution in [2.75, 3.05) is 6.54 Å². The van der Waals surface area contributed by atoms with Crippen LogP contribution in [0.3, 0.4) is 0 Å². The number of ketones is 1. The first-order valence-corrected chi connectivity index (χ1v) is 8.23. The van der Waals surface area contributed by atoms with E-state index >= 15 is 0 Å². The van der Waals surface area contributed by atoms with Crippen molar-refractivity contribution in [3.63, 3.8) is 0 Å². The van der Waals surface area contributed by atoms with Gasteiger partial charge in [0, 0.05) is 22.1 Å². The van der Waals surface area contributed by atoms with E-state index in [-0.39, 0.29) is 11.6 Å². The van der Waals surface area contributed by atoms with Gasteiger partial charge in [0.05, 0.1) is 12.1 Å². The number of nitrogens with one attached hydrogen (secondary N) is 1. The SMILES string of the molecule is [C-]#[N+]c1[nH]c(-c2nnn(CCN)n2)c(C)c1C(=O)c1cccc(Br)c1. The molecule has 0 spiro atoms. The van der Waals surface area contributed by atoms with Crippen molar-refractivity contribution < 1.29 is 4.79 Å². The van der Waals surface area contributed by atoms with Gasteiger partial charge in [-0.15, -0.1) is 10.2 Å². The van der Waals surface area contributed by atoms with Crippen molar-refractivity contribution in [1.82, 2.24) is 25.2 Å². The molecule has 0 radical (unpaired) electrons. The topological polar surface area (TPSA) is 107 Å².